The first-order chi connectivity index (χ1) is 16.0. The Bertz CT molecular complexity index is 1050. The first kappa shape index (κ1) is 22.8. The Labute approximate surface area is 194 Å². The van der Waals surface area contributed by atoms with Crippen LogP contribution in [0.3, 0.4) is 0 Å². The zero-order valence-corrected chi connectivity index (χ0v) is 18.7. The van der Waals surface area contributed by atoms with Crippen molar-refractivity contribution in [3.05, 3.63) is 108 Å². The molecule has 2 N–H and O–H groups in total. The molecular formula is C28H29NO4. The number of methoxy groups -OCH3 is 1. The summed E-state index contributed by atoms with van der Waals surface area (Å²) in [7, 11) is 1.59. The fraction of sp³-hybridized carbons (Fsp3) is 0.250. The third-order valence-corrected chi connectivity index (χ3v) is 6.28. The molecule has 0 unspecified atom stereocenters. The molecule has 0 spiro atoms. The van der Waals surface area contributed by atoms with Crippen LogP contribution in [0.5, 0.6) is 5.75 Å². The summed E-state index contributed by atoms with van der Waals surface area (Å²) in [5, 5.41) is 21.1. The monoisotopic (exact) mass is 443 g/mol. The lowest BCUT2D eigenvalue weighted by Crippen LogP contribution is -2.36. The molecule has 1 fully saturated rings. The summed E-state index contributed by atoms with van der Waals surface area (Å²) >= 11 is 0. The molecule has 0 aromatic heterocycles. The Balaban J connectivity index is 1.54. The third-order valence-electron chi connectivity index (χ3n) is 6.28. The van der Waals surface area contributed by atoms with Gasteiger partial charge in [0.25, 0.3) is 0 Å². The van der Waals surface area contributed by atoms with E-state index in [0.717, 1.165) is 16.7 Å². The molecule has 5 nitrogen and oxygen atoms in total. The normalized spacial score (nSPS) is 20.4. The maximum atomic E-state index is 12.0. The van der Waals surface area contributed by atoms with Crippen molar-refractivity contribution in [3.8, 4) is 5.75 Å². The molecule has 2 atom stereocenters. The summed E-state index contributed by atoms with van der Waals surface area (Å²) < 4.78 is 5.20. The van der Waals surface area contributed by atoms with E-state index >= 15 is 0 Å². The molecule has 0 bridgehead atoms. The van der Waals surface area contributed by atoms with E-state index in [1.807, 2.05) is 53.4 Å². The van der Waals surface area contributed by atoms with Crippen LogP contribution in [0.1, 0.15) is 29.5 Å². The van der Waals surface area contributed by atoms with Gasteiger partial charge in [-0.15, -0.1) is 0 Å². The minimum absolute atomic E-state index is 0.155. The average molecular weight is 444 g/mol. The Hall–Kier alpha value is -3.41. The van der Waals surface area contributed by atoms with Crippen LogP contribution in [0.2, 0.25) is 0 Å². The van der Waals surface area contributed by atoms with Gasteiger partial charge < -0.3 is 14.9 Å². The van der Waals surface area contributed by atoms with Gasteiger partial charge in [0.15, 0.2) is 0 Å². The number of ether oxygens (including phenoxy) is 1. The van der Waals surface area contributed by atoms with Crippen molar-refractivity contribution in [1.82, 2.24) is 4.90 Å². The van der Waals surface area contributed by atoms with Crippen molar-refractivity contribution >= 4 is 11.5 Å². The highest BCUT2D eigenvalue weighted by Gasteiger charge is 2.46. The Morgan fingerprint density at radius 2 is 1.58 bits per heavy atom. The number of aliphatic hydroxyl groups is 1. The average Bonchev–Trinajstić information content (AvgIpc) is 3.21. The lowest BCUT2D eigenvalue weighted by atomic mass is 9.91. The van der Waals surface area contributed by atoms with Gasteiger partial charge >= 0.3 is 5.97 Å². The van der Waals surface area contributed by atoms with Crippen LogP contribution in [0.4, 0.5) is 0 Å². The molecule has 170 valence electrons. The Kier molecular flexibility index (Phi) is 6.92. The number of aliphatic carboxylic acids is 1. The molecule has 1 heterocycles. The van der Waals surface area contributed by atoms with E-state index < -0.39 is 17.6 Å². The molecule has 1 saturated heterocycles. The molecule has 5 heteroatoms. The largest absolute Gasteiger partial charge is 0.497 e. The number of benzene rings is 3. The number of rotatable bonds is 8. The van der Waals surface area contributed by atoms with Crippen molar-refractivity contribution in [3.63, 3.8) is 0 Å². The van der Waals surface area contributed by atoms with E-state index in [1.165, 1.54) is 0 Å². The summed E-state index contributed by atoms with van der Waals surface area (Å²) in [6, 6.07) is 26.8. The van der Waals surface area contributed by atoms with Gasteiger partial charge in [0, 0.05) is 19.5 Å². The van der Waals surface area contributed by atoms with E-state index in [-0.39, 0.29) is 13.0 Å². The number of β-amino-alcohol motifs (C(OH)–C–C–N with tert-alkyl or cyclic N) is 1. The first-order valence-electron chi connectivity index (χ1n) is 11.1. The van der Waals surface area contributed by atoms with Gasteiger partial charge in [-0.3, -0.25) is 9.69 Å². The van der Waals surface area contributed by atoms with Crippen molar-refractivity contribution < 1.29 is 19.7 Å². The molecule has 1 aliphatic heterocycles. The zero-order valence-electron chi connectivity index (χ0n) is 18.7. The summed E-state index contributed by atoms with van der Waals surface area (Å²) in [5.74, 6) is -0.207. The van der Waals surface area contributed by atoms with Gasteiger partial charge in [-0.25, -0.2) is 0 Å². The van der Waals surface area contributed by atoms with Crippen LogP contribution in [0.15, 0.2) is 91.0 Å². The van der Waals surface area contributed by atoms with Gasteiger partial charge in [-0.2, -0.15) is 0 Å². The van der Waals surface area contributed by atoms with E-state index in [4.69, 9.17) is 4.74 Å². The van der Waals surface area contributed by atoms with Crippen LogP contribution in [0, 0.1) is 0 Å². The standard InChI is InChI=1S/C28H29NO4/c1-33-24-16-14-23(15-17-24)28(32)19-26(27(30)31)29(20-28)18-8-13-25(21-9-4-2-5-10-21)22-11-6-3-7-12-22/h2-7,9-17,26,32H,8,18-20H2,1H3,(H,30,31)/t26-,28+/m0/s1. The van der Waals surface area contributed by atoms with Crippen molar-refractivity contribution in [2.24, 2.45) is 0 Å². The van der Waals surface area contributed by atoms with Gasteiger partial charge in [0.05, 0.1) is 7.11 Å². The first-order valence-corrected chi connectivity index (χ1v) is 11.1. The minimum atomic E-state index is -1.21. The number of hydrogen-bond donors (Lipinski definition) is 2. The fourth-order valence-electron chi connectivity index (χ4n) is 4.56. The molecule has 4 rings (SSSR count). The predicted octanol–water partition coefficient (Wildman–Crippen LogP) is 4.56. The molecule has 0 saturated carbocycles. The van der Waals surface area contributed by atoms with Crippen LogP contribution in [-0.2, 0) is 10.4 Å². The summed E-state index contributed by atoms with van der Waals surface area (Å²) in [6.07, 6.45) is 2.98. The smallest absolute Gasteiger partial charge is 0.321 e. The molecule has 3 aromatic rings. The van der Waals surface area contributed by atoms with Gasteiger partial charge in [0.2, 0.25) is 0 Å². The maximum absolute atomic E-state index is 12.0. The van der Waals surface area contributed by atoms with Crippen LogP contribution < -0.4 is 4.74 Å². The number of hydrogen-bond acceptors (Lipinski definition) is 4. The highest BCUT2D eigenvalue weighted by molar-refractivity contribution is 5.79. The van der Waals surface area contributed by atoms with Gasteiger partial charge in [-0.1, -0.05) is 78.9 Å². The zero-order chi connectivity index (χ0) is 23.3. The molecular weight excluding hydrogens is 414 g/mol. The number of carbonyl (C=O) groups is 1. The Morgan fingerprint density at radius 1 is 1.00 bits per heavy atom. The molecule has 0 amide bonds. The van der Waals surface area contributed by atoms with Crippen molar-refractivity contribution in [2.45, 2.75) is 24.5 Å². The summed E-state index contributed by atoms with van der Waals surface area (Å²) in [6.45, 7) is 0.814. The van der Waals surface area contributed by atoms with Crippen molar-refractivity contribution in [1.29, 1.82) is 0 Å². The lowest BCUT2D eigenvalue weighted by Gasteiger charge is -2.24. The van der Waals surface area contributed by atoms with E-state index in [0.29, 0.717) is 24.3 Å². The van der Waals surface area contributed by atoms with E-state index in [9.17, 15) is 15.0 Å². The SMILES string of the molecule is COc1ccc([C@@]2(O)C[C@@H](C(=O)O)N(CCC=C(c3ccccc3)c3ccccc3)C2)cc1. The minimum Gasteiger partial charge on any atom is -0.497 e. The quantitative estimate of drug-likeness (QED) is 0.534. The van der Waals surface area contributed by atoms with E-state index in [1.54, 1.807) is 19.2 Å². The second-order valence-corrected chi connectivity index (χ2v) is 8.43. The highest BCUT2D eigenvalue weighted by atomic mass is 16.5. The molecule has 0 radical (unpaired) electrons. The van der Waals surface area contributed by atoms with E-state index in [2.05, 4.69) is 30.3 Å². The van der Waals surface area contributed by atoms with Crippen molar-refractivity contribution in [2.75, 3.05) is 20.2 Å². The third kappa shape index (κ3) is 5.16. The predicted molar refractivity (Wildman–Crippen MR) is 129 cm³/mol. The van der Waals surface area contributed by atoms with Crippen LogP contribution >= 0.6 is 0 Å². The molecule has 3 aromatic carbocycles. The summed E-state index contributed by atoms with van der Waals surface area (Å²) in [5.41, 5.74) is 2.86. The fourth-order valence-corrected chi connectivity index (χ4v) is 4.56. The molecule has 33 heavy (non-hydrogen) atoms. The van der Waals surface area contributed by atoms with Gasteiger partial charge in [-0.05, 0) is 40.8 Å². The highest BCUT2D eigenvalue weighted by Crippen LogP contribution is 2.37. The lowest BCUT2D eigenvalue weighted by molar-refractivity contribution is -0.142. The van der Waals surface area contributed by atoms with Crippen LogP contribution in [-0.4, -0.2) is 47.3 Å². The number of carboxylic acids is 1. The molecule has 0 aliphatic carbocycles. The van der Waals surface area contributed by atoms with Crippen LogP contribution in [0.25, 0.3) is 5.57 Å². The number of nitrogens with zero attached hydrogens (tertiary/aromatic N) is 1. The second kappa shape index (κ2) is 10.0. The summed E-state index contributed by atoms with van der Waals surface area (Å²) in [4.78, 5) is 13.9. The topological polar surface area (TPSA) is 70.0 Å². The molecule has 1 aliphatic rings. The van der Waals surface area contributed by atoms with Gasteiger partial charge in [0.1, 0.15) is 17.4 Å². The maximum Gasteiger partial charge on any atom is 0.321 e. The number of likely N-dealkylation sites (tertiary alicyclic amines) is 1. The number of carboxylic acid groups (broad SMARTS) is 1. The Morgan fingerprint density at radius 3 is 2.09 bits per heavy atom. The second-order valence-electron chi connectivity index (χ2n) is 8.43.